The lowest BCUT2D eigenvalue weighted by Crippen LogP contribution is -2.57. The number of rotatable bonds is 7. The molecule has 26 heavy (non-hydrogen) atoms. The first-order chi connectivity index (χ1) is 12.3. The lowest BCUT2D eigenvalue weighted by atomic mass is 10.1. The van der Waals surface area contributed by atoms with Crippen molar-refractivity contribution in [2.75, 3.05) is 31.6 Å². The third-order valence-electron chi connectivity index (χ3n) is 3.85. The largest absolute Gasteiger partial charge is 0.465 e. The van der Waals surface area contributed by atoms with Crippen molar-refractivity contribution in [3.05, 3.63) is 27.8 Å². The van der Waals surface area contributed by atoms with Crippen LogP contribution < -0.4 is 10.6 Å². The van der Waals surface area contributed by atoms with Crippen LogP contribution in [0.3, 0.4) is 0 Å². The Balaban J connectivity index is 1.93. The molecular formula is C18H24IN3O4. The summed E-state index contributed by atoms with van der Waals surface area (Å²) in [7, 11) is 0. The number of esters is 1. The molecule has 0 bridgehead atoms. The van der Waals surface area contributed by atoms with Crippen LogP contribution in [0.1, 0.15) is 20.3 Å². The van der Waals surface area contributed by atoms with Crippen LogP contribution in [0, 0.1) is 9.49 Å². The number of halogens is 1. The molecule has 0 radical (unpaired) electrons. The van der Waals surface area contributed by atoms with E-state index >= 15 is 0 Å². The van der Waals surface area contributed by atoms with Gasteiger partial charge in [0.15, 0.2) is 0 Å². The van der Waals surface area contributed by atoms with Gasteiger partial charge in [-0.15, -0.1) is 0 Å². The van der Waals surface area contributed by atoms with Gasteiger partial charge < -0.3 is 15.4 Å². The van der Waals surface area contributed by atoms with Gasteiger partial charge in [0, 0.05) is 22.3 Å². The molecule has 1 unspecified atom stereocenters. The molecule has 0 spiro atoms. The van der Waals surface area contributed by atoms with E-state index in [0.29, 0.717) is 25.4 Å². The molecule has 1 aromatic carbocycles. The van der Waals surface area contributed by atoms with Gasteiger partial charge in [0.05, 0.1) is 19.6 Å². The van der Waals surface area contributed by atoms with Crippen molar-refractivity contribution in [1.29, 1.82) is 0 Å². The highest BCUT2D eigenvalue weighted by molar-refractivity contribution is 14.1. The predicted octanol–water partition coefficient (Wildman–Crippen LogP) is 1.62. The van der Waals surface area contributed by atoms with E-state index in [1.54, 1.807) is 4.90 Å². The SMILES string of the molecule is CC(C)COC(=O)CC1C(=O)NCCN1CC(=O)Nc1ccc(I)cc1. The minimum atomic E-state index is -0.689. The Hall–Kier alpha value is -1.68. The number of piperazine rings is 1. The van der Waals surface area contributed by atoms with Gasteiger partial charge in [-0.25, -0.2) is 0 Å². The summed E-state index contributed by atoms with van der Waals surface area (Å²) < 4.78 is 6.24. The van der Waals surface area contributed by atoms with Crippen molar-refractivity contribution in [3.63, 3.8) is 0 Å². The quantitative estimate of drug-likeness (QED) is 0.465. The molecule has 1 aliphatic rings. The first kappa shape index (κ1) is 20.6. The molecule has 0 aromatic heterocycles. The molecule has 7 nitrogen and oxygen atoms in total. The summed E-state index contributed by atoms with van der Waals surface area (Å²) in [6.07, 6.45) is -0.0602. The Labute approximate surface area is 167 Å². The Morgan fingerprint density at radius 1 is 1.35 bits per heavy atom. The van der Waals surface area contributed by atoms with Crippen LogP contribution in [0.5, 0.6) is 0 Å². The summed E-state index contributed by atoms with van der Waals surface area (Å²) >= 11 is 2.19. The number of hydrogen-bond acceptors (Lipinski definition) is 5. The van der Waals surface area contributed by atoms with E-state index in [1.807, 2.05) is 38.1 Å². The zero-order valence-electron chi connectivity index (χ0n) is 15.0. The fraction of sp³-hybridized carbons (Fsp3) is 0.500. The molecule has 1 aliphatic heterocycles. The van der Waals surface area contributed by atoms with Crippen LogP contribution in [0.4, 0.5) is 5.69 Å². The van der Waals surface area contributed by atoms with Crippen LogP contribution in [0.15, 0.2) is 24.3 Å². The zero-order valence-corrected chi connectivity index (χ0v) is 17.1. The summed E-state index contributed by atoms with van der Waals surface area (Å²) in [5.74, 6) is -0.667. The molecule has 8 heteroatoms. The van der Waals surface area contributed by atoms with Crippen molar-refractivity contribution in [3.8, 4) is 0 Å². The van der Waals surface area contributed by atoms with Crippen molar-refractivity contribution in [1.82, 2.24) is 10.2 Å². The zero-order chi connectivity index (χ0) is 19.1. The van der Waals surface area contributed by atoms with E-state index in [0.717, 1.165) is 3.57 Å². The lowest BCUT2D eigenvalue weighted by molar-refractivity contribution is -0.149. The molecule has 1 aromatic rings. The Kier molecular flexibility index (Phi) is 7.83. The van der Waals surface area contributed by atoms with E-state index in [9.17, 15) is 14.4 Å². The van der Waals surface area contributed by atoms with E-state index < -0.39 is 12.0 Å². The summed E-state index contributed by atoms with van der Waals surface area (Å²) in [4.78, 5) is 38.2. The van der Waals surface area contributed by atoms with Gasteiger partial charge in [0.1, 0.15) is 6.04 Å². The van der Waals surface area contributed by atoms with Gasteiger partial charge in [-0.3, -0.25) is 19.3 Å². The maximum atomic E-state index is 12.3. The van der Waals surface area contributed by atoms with E-state index in [4.69, 9.17) is 4.74 Å². The summed E-state index contributed by atoms with van der Waals surface area (Å²) in [6, 6.07) is 6.76. The molecule has 1 saturated heterocycles. The minimum Gasteiger partial charge on any atom is -0.465 e. The van der Waals surface area contributed by atoms with Gasteiger partial charge >= 0.3 is 5.97 Å². The lowest BCUT2D eigenvalue weighted by Gasteiger charge is -2.33. The summed E-state index contributed by atoms with van der Waals surface area (Å²) in [5, 5.41) is 5.55. The summed E-state index contributed by atoms with van der Waals surface area (Å²) in [5.41, 5.74) is 0.699. The molecular weight excluding hydrogens is 449 g/mol. The second-order valence-electron chi connectivity index (χ2n) is 6.61. The summed E-state index contributed by atoms with van der Waals surface area (Å²) in [6.45, 7) is 5.22. The number of carbonyl (C=O) groups excluding carboxylic acids is 3. The first-order valence-corrected chi connectivity index (χ1v) is 9.66. The smallest absolute Gasteiger partial charge is 0.307 e. The number of ether oxygens (including phenoxy) is 1. The molecule has 0 saturated carbocycles. The molecule has 142 valence electrons. The third-order valence-corrected chi connectivity index (χ3v) is 4.57. The van der Waals surface area contributed by atoms with E-state index in [2.05, 4.69) is 33.2 Å². The highest BCUT2D eigenvalue weighted by atomic mass is 127. The fourth-order valence-electron chi connectivity index (χ4n) is 2.57. The van der Waals surface area contributed by atoms with Crippen LogP contribution >= 0.6 is 22.6 Å². The van der Waals surface area contributed by atoms with Crippen LogP contribution in [0.25, 0.3) is 0 Å². The standard InChI is InChI=1S/C18H24IN3O4/c1-12(2)11-26-17(24)9-15-18(25)20-7-8-22(15)10-16(23)21-14-5-3-13(19)4-6-14/h3-6,12,15H,7-11H2,1-2H3,(H,20,25)(H,21,23). The van der Waals surface area contributed by atoms with Crippen molar-refractivity contribution in [2.24, 2.45) is 5.92 Å². The number of anilines is 1. The van der Waals surface area contributed by atoms with E-state index in [1.165, 1.54) is 0 Å². The number of amides is 2. The molecule has 1 fully saturated rings. The number of nitrogens with one attached hydrogen (secondary N) is 2. The monoisotopic (exact) mass is 473 g/mol. The average Bonchev–Trinajstić information content (AvgIpc) is 2.58. The van der Waals surface area contributed by atoms with Gasteiger partial charge in [0.2, 0.25) is 11.8 Å². The molecule has 0 aliphatic carbocycles. The van der Waals surface area contributed by atoms with Gasteiger partial charge in [-0.1, -0.05) is 13.8 Å². The number of nitrogens with zero attached hydrogens (tertiary/aromatic N) is 1. The van der Waals surface area contributed by atoms with Gasteiger partial charge in [0.25, 0.3) is 0 Å². The minimum absolute atomic E-state index is 0.0432. The van der Waals surface area contributed by atoms with Gasteiger partial charge in [-0.2, -0.15) is 0 Å². The predicted molar refractivity (Wildman–Crippen MR) is 107 cm³/mol. The maximum absolute atomic E-state index is 12.3. The first-order valence-electron chi connectivity index (χ1n) is 8.58. The molecule has 2 amide bonds. The Morgan fingerprint density at radius 2 is 2.04 bits per heavy atom. The normalized spacial score (nSPS) is 17.7. The van der Waals surface area contributed by atoms with Crippen LogP contribution in [-0.2, 0) is 19.1 Å². The number of hydrogen-bond donors (Lipinski definition) is 2. The highest BCUT2D eigenvalue weighted by Crippen LogP contribution is 2.13. The molecule has 2 rings (SSSR count). The van der Waals surface area contributed by atoms with E-state index in [-0.39, 0.29) is 30.7 Å². The highest BCUT2D eigenvalue weighted by Gasteiger charge is 2.33. The third kappa shape index (κ3) is 6.56. The number of benzene rings is 1. The molecule has 1 atom stereocenters. The second-order valence-corrected chi connectivity index (χ2v) is 7.86. The van der Waals surface area contributed by atoms with Crippen molar-refractivity contribution < 1.29 is 19.1 Å². The second kappa shape index (κ2) is 9.86. The molecule has 1 heterocycles. The van der Waals surface area contributed by atoms with Crippen LogP contribution in [0.2, 0.25) is 0 Å². The number of carbonyl (C=O) groups is 3. The van der Waals surface area contributed by atoms with Gasteiger partial charge in [-0.05, 0) is 52.8 Å². The molecule has 2 N–H and O–H groups in total. The maximum Gasteiger partial charge on any atom is 0.307 e. The van der Waals surface area contributed by atoms with Crippen molar-refractivity contribution >= 4 is 46.1 Å². The Bertz CT molecular complexity index is 648. The van der Waals surface area contributed by atoms with Crippen LogP contribution in [-0.4, -0.2) is 55.0 Å². The van der Waals surface area contributed by atoms with Crippen molar-refractivity contribution in [2.45, 2.75) is 26.3 Å². The average molecular weight is 473 g/mol. The Morgan fingerprint density at radius 3 is 2.69 bits per heavy atom. The topological polar surface area (TPSA) is 87.7 Å². The fourth-order valence-corrected chi connectivity index (χ4v) is 2.93.